The van der Waals surface area contributed by atoms with Gasteiger partial charge in [0.15, 0.2) is 0 Å². The lowest BCUT2D eigenvalue weighted by molar-refractivity contribution is -0.140. The van der Waals surface area contributed by atoms with Crippen LogP contribution in [0.3, 0.4) is 0 Å². The fraction of sp³-hybridized carbons (Fsp3) is 0.250. The molecule has 0 radical (unpaired) electrons. The van der Waals surface area contributed by atoms with Crippen molar-refractivity contribution in [3.05, 3.63) is 92.0 Å². The highest BCUT2D eigenvalue weighted by molar-refractivity contribution is 5.95. The van der Waals surface area contributed by atoms with Gasteiger partial charge in [-0.1, -0.05) is 12.1 Å². The van der Waals surface area contributed by atoms with Gasteiger partial charge in [-0.3, -0.25) is 18.8 Å². The van der Waals surface area contributed by atoms with E-state index in [1.807, 2.05) is 13.8 Å². The lowest BCUT2D eigenvalue weighted by Gasteiger charge is -2.19. The number of anilines is 1. The Morgan fingerprint density at radius 1 is 1.05 bits per heavy atom. The molecule has 2 aromatic carbocycles. The summed E-state index contributed by atoms with van der Waals surface area (Å²) < 4.78 is 55.5. The molecule has 194 valence electrons. The maximum Gasteiger partial charge on any atom is 0.419 e. The fourth-order valence-electron chi connectivity index (χ4n) is 4.13. The van der Waals surface area contributed by atoms with Crippen molar-refractivity contribution in [2.45, 2.75) is 32.1 Å². The van der Waals surface area contributed by atoms with Crippen molar-refractivity contribution in [1.82, 2.24) is 14.5 Å². The van der Waals surface area contributed by atoms with E-state index in [4.69, 9.17) is 0 Å². The first-order valence-electron chi connectivity index (χ1n) is 10.8. The smallest absolute Gasteiger partial charge is 0.419 e. The van der Waals surface area contributed by atoms with Crippen LogP contribution >= 0.6 is 0 Å². The number of aromatic carboxylic acids is 1. The first kappa shape index (κ1) is 25.7. The summed E-state index contributed by atoms with van der Waals surface area (Å²) in [6.45, 7) is 3.00. The minimum Gasteiger partial charge on any atom is -0.477 e. The van der Waals surface area contributed by atoms with Crippen LogP contribution in [-0.2, 0) is 12.7 Å². The molecule has 0 unspecified atom stereocenters. The van der Waals surface area contributed by atoms with Gasteiger partial charge in [0, 0.05) is 11.9 Å². The van der Waals surface area contributed by atoms with E-state index in [2.05, 4.69) is 5.32 Å². The molecule has 1 fully saturated rings. The molecule has 2 N–H and O–H groups in total. The SMILES string of the molecule is CC1(C)CN(c2ccc(-n3cc(C(=O)O)c(=O)n(Cc4cccc(F)c4C(F)(F)F)c3=O)cc2)C(=O)N1. The second-order valence-electron chi connectivity index (χ2n) is 9.08. The highest BCUT2D eigenvalue weighted by Gasteiger charge is 2.37. The zero-order chi connectivity index (χ0) is 27.3. The molecule has 0 atom stereocenters. The molecule has 3 aromatic rings. The van der Waals surface area contributed by atoms with Crippen LogP contribution < -0.4 is 21.5 Å². The molecule has 37 heavy (non-hydrogen) atoms. The van der Waals surface area contributed by atoms with Crippen molar-refractivity contribution in [3.8, 4) is 5.69 Å². The Bertz CT molecular complexity index is 1520. The topological polar surface area (TPSA) is 114 Å². The van der Waals surface area contributed by atoms with E-state index in [9.17, 15) is 41.8 Å². The maximum atomic E-state index is 14.0. The number of carboxylic acids is 1. The molecule has 0 bridgehead atoms. The van der Waals surface area contributed by atoms with E-state index in [-0.39, 0.29) is 11.7 Å². The minimum absolute atomic E-state index is 0.0825. The second-order valence-corrected chi connectivity index (χ2v) is 9.08. The number of carbonyl (C=O) groups excluding carboxylic acids is 1. The van der Waals surface area contributed by atoms with Crippen molar-refractivity contribution < 1.29 is 32.3 Å². The van der Waals surface area contributed by atoms with Crippen LogP contribution in [0.1, 0.15) is 35.3 Å². The molecule has 0 spiro atoms. The molecule has 2 amide bonds. The van der Waals surface area contributed by atoms with E-state index >= 15 is 0 Å². The van der Waals surface area contributed by atoms with Crippen LogP contribution in [0.15, 0.2) is 58.3 Å². The Morgan fingerprint density at radius 3 is 2.22 bits per heavy atom. The number of amides is 2. The summed E-state index contributed by atoms with van der Waals surface area (Å²) in [5, 5.41) is 12.3. The molecular weight excluding hydrogens is 500 g/mol. The Kier molecular flexibility index (Phi) is 6.18. The summed E-state index contributed by atoms with van der Waals surface area (Å²) in [6.07, 6.45) is -4.36. The van der Waals surface area contributed by atoms with Gasteiger partial charge in [0.1, 0.15) is 11.4 Å². The molecule has 1 saturated heterocycles. The molecule has 13 heteroatoms. The number of halogens is 4. The van der Waals surface area contributed by atoms with Gasteiger partial charge in [-0.25, -0.2) is 18.8 Å². The van der Waals surface area contributed by atoms with E-state index in [1.165, 1.54) is 29.2 Å². The van der Waals surface area contributed by atoms with Crippen molar-refractivity contribution in [3.63, 3.8) is 0 Å². The number of carbonyl (C=O) groups is 2. The van der Waals surface area contributed by atoms with Gasteiger partial charge < -0.3 is 10.4 Å². The number of rotatable bonds is 5. The highest BCUT2D eigenvalue weighted by atomic mass is 19.4. The molecule has 9 nitrogen and oxygen atoms in total. The normalized spacial score (nSPS) is 15.1. The summed E-state index contributed by atoms with van der Waals surface area (Å²) in [6, 6.07) is 7.89. The van der Waals surface area contributed by atoms with Gasteiger partial charge in [-0.05, 0) is 49.7 Å². The molecule has 4 rings (SSSR count). The Morgan fingerprint density at radius 2 is 1.68 bits per heavy atom. The van der Waals surface area contributed by atoms with Crippen LogP contribution in [0, 0.1) is 5.82 Å². The number of aromatic nitrogens is 2. The third-order valence-electron chi connectivity index (χ3n) is 5.80. The average Bonchev–Trinajstić information content (AvgIpc) is 3.08. The molecule has 0 aliphatic carbocycles. The Hall–Kier alpha value is -4.42. The summed E-state index contributed by atoms with van der Waals surface area (Å²) >= 11 is 0. The first-order chi connectivity index (χ1) is 17.2. The maximum absolute atomic E-state index is 14.0. The van der Waals surface area contributed by atoms with Gasteiger partial charge >= 0.3 is 23.9 Å². The Balaban J connectivity index is 1.82. The molecule has 2 heterocycles. The van der Waals surface area contributed by atoms with Gasteiger partial charge in [0.05, 0.1) is 29.9 Å². The molecule has 1 aliphatic rings. The lowest BCUT2D eigenvalue weighted by Crippen LogP contribution is -2.42. The molecular formula is C24H20F4N4O5. The zero-order valence-electron chi connectivity index (χ0n) is 19.5. The monoisotopic (exact) mass is 520 g/mol. The van der Waals surface area contributed by atoms with Gasteiger partial charge in [0.25, 0.3) is 5.56 Å². The molecule has 0 saturated carbocycles. The number of urea groups is 1. The minimum atomic E-state index is -5.13. The second kappa shape index (κ2) is 8.91. The summed E-state index contributed by atoms with van der Waals surface area (Å²) in [5.74, 6) is -3.31. The average molecular weight is 520 g/mol. The quantitative estimate of drug-likeness (QED) is 0.502. The van der Waals surface area contributed by atoms with Gasteiger partial charge in [-0.15, -0.1) is 0 Å². The summed E-state index contributed by atoms with van der Waals surface area (Å²) in [5.41, 5.74) is -5.68. The van der Waals surface area contributed by atoms with Gasteiger partial charge in [-0.2, -0.15) is 13.2 Å². The Labute approximate surface area is 206 Å². The third kappa shape index (κ3) is 4.84. The van der Waals surface area contributed by atoms with Crippen LogP contribution in [0.25, 0.3) is 5.69 Å². The van der Waals surface area contributed by atoms with Crippen LogP contribution in [0.5, 0.6) is 0 Å². The number of alkyl halides is 3. The van der Waals surface area contributed by atoms with Crippen LogP contribution in [0.4, 0.5) is 28.0 Å². The predicted octanol–water partition coefficient (Wildman–Crippen LogP) is 3.21. The zero-order valence-corrected chi connectivity index (χ0v) is 19.5. The highest BCUT2D eigenvalue weighted by Crippen LogP contribution is 2.34. The number of nitrogens with one attached hydrogen (secondary N) is 1. The molecule has 1 aromatic heterocycles. The molecule has 1 aliphatic heterocycles. The largest absolute Gasteiger partial charge is 0.477 e. The van der Waals surface area contributed by atoms with Crippen molar-refractivity contribution in [2.75, 3.05) is 11.4 Å². The number of hydrogen-bond acceptors (Lipinski definition) is 4. The van der Waals surface area contributed by atoms with E-state index in [1.54, 1.807) is 0 Å². The number of carboxylic acid groups (broad SMARTS) is 1. The summed E-state index contributed by atoms with van der Waals surface area (Å²) in [4.78, 5) is 51.3. The van der Waals surface area contributed by atoms with Crippen molar-refractivity contribution in [1.29, 1.82) is 0 Å². The predicted molar refractivity (Wildman–Crippen MR) is 124 cm³/mol. The van der Waals surface area contributed by atoms with Crippen LogP contribution in [0.2, 0.25) is 0 Å². The number of nitrogens with zero attached hydrogens (tertiary/aromatic N) is 3. The summed E-state index contributed by atoms with van der Waals surface area (Å²) in [7, 11) is 0. The van der Waals surface area contributed by atoms with Crippen molar-refractivity contribution >= 4 is 17.7 Å². The lowest BCUT2D eigenvalue weighted by atomic mass is 10.1. The van der Waals surface area contributed by atoms with Gasteiger partial charge in [0.2, 0.25) is 0 Å². The van der Waals surface area contributed by atoms with E-state index in [0.29, 0.717) is 22.9 Å². The first-order valence-corrected chi connectivity index (χ1v) is 10.8. The number of benzene rings is 2. The van der Waals surface area contributed by atoms with Crippen molar-refractivity contribution in [2.24, 2.45) is 0 Å². The van der Waals surface area contributed by atoms with Crippen LogP contribution in [-0.4, -0.2) is 38.3 Å². The van der Waals surface area contributed by atoms with E-state index < -0.39 is 58.0 Å². The van der Waals surface area contributed by atoms with E-state index in [0.717, 1.165) is 22.9 Å². The third-order valence-corrected chi connectivity index (χ3v) is 5.80. The standard InChI is InChI=1S/C24H20F4N4O5/c1-23(2)12-32(21(36)29-23)15-8-6-14(7-9-15)30-11-16(20(34)35)19(33)31(22(30)37)10-13-4-3-5-17(25)18(13)24(26,27)28/h3-9,11H,10,12H2,1-2H3,(H,29,36)(H,34,35). The fourth-order valence-corrected chi connectivity index (χ4v) is 4.13. The number of hydrogen-bond donors (Lipinski definition) is 2.